The molecule has 2 rings (SSSR count). The third-order valence-electron chi connectivity index (χ3n) is 3.73. The molecule has 0 amide bonds. The fourth-order valence-corrected chi connectivity index (χ4v) is 2.57. The molecule has 4 nitrogen and oxygen atoms in total. The van der Waals surface area contributed by atoms with Crippen molar-refractivity contribution in [3.05, 3.63) is 47.6 Å². The highest BCUT2D eigenvalue weighted by Gasteiger charge is 2.24. The zero-order valence-corrected chi connectivity index (χ0v) is 13.1. The molecule has 0 bridgehead atoms. The Morgan fingerprint density at radius 2 is 2.23 bits per heavy atom. The van der Waals surface area contributed by atoms with Crippen LogP contribution in [0.3, 0.4) is 0 Å². The van der Waals surface area contributed by atoms with Crippen molar-refractivity contribution >= 4 is 12.0 Å². The summed E-state index contributed by atoms with van der Waals surface area (Å²) in [5.41, 5.74) is 2.30. The van der Waals surface area contributed by atoms with E-state index in [-0.39, 0.29) is 12.1 Å². The quantitative estimate of drug-likeness (QED) is 0.595. The maximum Gasteiger partial charge on any atom is 0.342 e. The average molecular weight is 302 g/mol. The van der Waals surface area contributed by atoms with Crippen molar-refractivity contribution in [3.8, 4) is 5.75 Å². The van der Waals surface area contributed by atoms with Crippen molar-refractivity contribution in [2.24, 2.45) is 0 Å². The second-order valence-corrected chi connectivity index (χ2v) is 5.20. The van der Waals surface area contributed by atoms with E-state index in [0.717, 1.165) is 30.4 Å². The van der Waals surface area contributed by atoms with Gasteiger partial charge in [-0.05, 0) is 42.5 Å². The molecule has 1 aliphatic rings. The van der Waals surface area contributed by atoms with Crippen LogP contribution in [0.2, 0.25) is 0 Å². The summed E-state index contributed by atoms with van der Waals surface area (Å²) < 4.78 is 16.1. The van der Waals surface area contributed by atoms with Gasteiger partial charge in [0.2, 0.25) is 0 Å². The van der Waals surface area contributed by atoms with Crippen molar-refractivity contribution < 1.29 is 19.0 Å². The van der Waals surface area contributed by atoms with Crippen molar-refractivity contribution in [2.75, 3.05) is 20.8 Å². The van der Waals surface area contributed by atoms with Crippen LogP contribution < -0.4 is 4.74 Å². The van der Waals surface area contributed by atoms with Gasteiger partial charge in [-0.1, -0.05) is 24.8 Å². The van der Waals surface area contributed by atoms with E-state index in [1.807, 2.05) is 6.07 Å². The van der Waals surface area contributed by atoms with Gasteiger partial charge in [0.1, 0.15) is 17.4 Å². The minimum absolute atomic E-state index is 0.224. The number of benzene rings is 1. The third kappa shape index (κ3) is 3.77. The van der Waals surface area contributed by atoms with Gasteiger partial charge in [-0.3, -0.25) is 0 Å². The summed E-state index contributed by atoms with van der Waals surface area (Å²) in [5, 5.41) is 0. The lowest BCUT2D eigenvalue weighted by atomic mass is 9.97. The molecule has 118 valence electrons. The molecule has 22 heavy (non-hydrogen) atoms. The summed E-state index contributed by atoms with van der Waals surface area (Å²) in [6.07, 6.45) is 6.40. The summed E-state index contributed by atoms with van der Waals surface area (Å²) in [4.78, 5) is 12.5. The Labute approximate surface area is 131 Å². The van der Waals surface area contributed by atoms with E-state index < -0.39 is 0 Å². The number of esters is 1. The number of hydrogen-bond acceptors (Lipinski definition) is 4. The number of rotatable bonds is 6. The van der Waals surface area contributed by atoms with Crippen LogP contribution in [-0.4, -0.2) is 32.9 Å². The number of methoxy groups -OCH3 is 2. The number of carbonyl (C=O) groups excluding carboxylic acids is 1. The van der Waals surface area contributed by atoms with E-state index in [0.29, 0.717) is 17.9 Å². The largest absolute Gasteiger partial charge is 0.496 e. The molecule has 0 aromatic heterocycles. The van der Waals surface area contributed by atoms with Crippen molar-refractivity contribution in [1.82, 2.24) is 0 Å². The Hall–Kier alpha value is -2.07. The predicted octanol–water partition coefficient (Wildman–Crippen LogP) is 3.62. The van der Waals surface area contributed by atoms with Crippen molar-refractivity contribution in [2.45, 2.75) is 25.4 Å². The minimum Gasteiger partial charge on any atom is -0.496 e. The lowest BCUT2D eigenvalue weighted by molar-refractivity contribution is 0.0311. The van der Waals surface area contributed by atoms with E-state index in [9.17, 15) is 4.79 Å². The van der Waals surface area contributed by atoms with Crippen LogP contribution in [0.5, 0.6) is 5.75 Å². The van der Waals surface area contributed by atoms with Crippen LogP contribution in [0.4, 0.5) is 0 Å². The van der Waals surface area contributed by atoms with Crippen molar-refractivity contribution in [1.29, 1.82) is 0 Å². The number of hydrogen-bond donors (Lipinski definition) is 0. The molecule has 0 spiro atoms. The summed E-state index contributed by atoms with van der Waals surface area (Å²) >= 11 is 0. The topological polar surface area (TPSA) is 44.8 Å². The average Bonchev–Trinajstić information content (AvgIpc) is 2.56. The van der Waals surface area contributed by atoms with Crippen LogP contribution in [0, 0.1) is 0 Å². The molecule has 0 saturated carbocycles. The fourth-order valence-electron chi connectivity index (χ4n) is 2.57. The highest BCUT2D eigenvalue weighted by Crippen LogP contribution is 2.26. The third-order valence-corrected chi connectivity index (χ3v) is 3.73. The normalized spacial score (nSPS) is 17.5. The first kappa shape index (κ1) is 16.3. The van der Waals surface area contributed by atoms with Crippen LogP contribution >= 0.6 is 0 Å². The van der Waals surface area contributed by atoms with Crippen LogP contribution in [0.1, 0.15) is 35.2 Å². The zero-order valence-electron chi connectivity index (χ0n) is 13.1. The SMILES string of the molecule is C=Cc1ccc(OC)c(C(=O)OC2CCCC=C2COC)c1. The molecule has 0 N–H and O–H groups in total. The molecule has 4 heteroatoms. The van der Waals surface area contributed by atoms with Gasteiger partial charge in [-0.25, -0.2) is 4.79 Å². The molecule has 0 aliphatic heterocycles. The minimum atomic E-state index is -0.380. The molecule has 1 unspecified atom stereocenters. The molecule has 0 heterocycles. The van der Waals surface area contributed by atoms with Gasteiger partial charge in [-0.15, -0.1) is 0 Å². The van der Waals surface area contributed by atoms with Gasteiger partial charge in [0.05, 0.1) is 13.7 Å². The first-order valence-corrected chi connectivity index (χ1v) is 7.39. The maximum atomic E-state index is 12.5. The molecule has 0 fully saturated rings. The summed E-state index contributed by atoms with van der Waals surface area (Å²) in [6.45, 7) is 4.21. The number of ether oxygens (including phenoxy) is 3. The fraction of sp³-hybridized carbons (Fsp3) is 0.389. The highest BCUT2D eigenvalue weighted by atomic mass is 16.5. The molecule has 0 radical (unpaired) electrons. The van der Waals surface area contributed by atoms with E-state index >= 15 is 0 Å². The van der Waals surface area contributed by atoms with E-state index in [1.165, 1.54) is 7.11 Å². The Morgan fingerprint density at radius 3 is 2.91 bits per heavy atom. The molecule has 1 atom stereocenters. The Kier molecular flexibility index (Phi) is 5.78. The number of allylic oxidation sites excluding steroid dienone is 1. The Morgan fingerprint density at radius 1 is 1.41 bits per heavy atom. The predicted molar refractivity (Wildman–Crippen MR) is 86.1 cm³/mol. The molecule has 0 saturated heterocycles. The molecular formula is C18H22O4. The Balaban J connectivity index is 2.19. The lowest BCUT2D eigenvalue weighted by Crippen LogP contribution is -2.25. The highest BCUT2D eigenvalue weighted by molar-refractivity contribution is 5.93. The van der Waals surface area contributed by atoms with Gasteiger partial charge in [0.25, 0.3) is 0 Å². The lowest BCUT2D eigenvalue weighted by Gasteiger charge is -2.24. The standard InChI is InChI=1S/C18H22O4/c1-4-13-9-10-17(21-3)15(11-13)18(19)22-16-8-6-5-7-14(16)12-20-2/h4,7,9-11,16H,1,5-6,8,12H2,2-3H3. The second-order valence-electron chi connectivity index (χ2n) is 5.20. The second kappa shape index (κ2) is 7.80. The zero-order chi connectivity index (χ0) is 15.9. The molecule has 1 aromatic rings. The summed E-state index contributed by atoms with van der Waals surface area (Å²) in [5.74, 6) is 0.123. The smallest absolute Gasteiger partial charge is 0.342 e. The van der Waals surface area contributed by atoms with Gasteiger partial charge in [0, 0.05) is 7.11 Å². The first-order valence-electron chi connectivity index (χ1n) is 7.39. The van der Waals surface area contributed by atoms with Crippen LogP contribution in [0.15, 0.2) is 36.4 Å². The molecule has 1 aliphatic carbocycles. The van der Waals surface area contributed by atoms with Gasteiger partial charge < -0.3 is 14.2 Å². The maximum absolute atomic E-state index is 12.5. The van der Waals surface area contributed by atoms with E-state index in [2.05, 4.69) is 12.7 Å². The molecule has 1 aromatic carbocycles. The number of carbonyl (C=O) groups is 1. The monoisotopic (exact) mass is 302 g/mol. The van der Waals surface area contributed by atoms with Gasteiger partial charge in [-0.2, -0.15) is 0 Å². The molecular weight excluding hydrogens is 280 g/mol. The Bertz CT molecular complexity index is 574. The van der Waals surface area contributed by atoms with Gasteiger partial charge >= 0.3 is 5.97 Å². The summed E-state index contributed by atoms with van der Waals surface area (Å²) in [6, 6.07) is 5.33. The van der Waals surface area contributed by atoms with E-state index in [1.54, 1.807) is 25.3 Å². The van der Waals surface area contributed by atoms with Gasteiger partial charge in [0.15, 0.2) is 0 Å². The van der Waals surface area contributed by atoms with E-state index in [4.69, 9.17) is 14.2 Å². The van der Waals surface area contributed by atoms with Crippen LogP contribution in [0.25, 0.3) is 6.08 Å². The first-order chi connectivity index (χ1) is 10.7. The van der Waals surface area contributed by atoms with Crippen LogP contribution in [-0.2, 0) is 9.47 Å². The summed E-state index contributed by atoms with van der Waals surface area (Å²) in [7, 11) is 3.18. The van der Waals surface area contributed by atoms with Crippen molar-refractivity contribution in [3.63, 3.8) is 0 Å².